The molecule has 0 bridgehead atoms. The molecule has 4 heteroatoms. The number of halogens is 1. The van der Waals surface area contributed by atoms with Crippen LogP contribution in [0.5, 0.6) is 0 Å². The Kier molecular flexibility index (Phi) is 4.70. The van der Waals surface area contributed by atoms with E-state index in [2.05, 4.69) is 17.2 Å². The van der Waals surface area contributed by atoms with E-state index < -0.39 is 0 Å². The number of hydrogen-bond acceptors (Lipinski definition) is 2. The number of amides is 1. The fourth-order valence-corrected chi connectivity index (χ4v) is 1.86. The number of carbonyl (C=O) groups is 1. The summed E-state index contributed by atoms with van der Waals surface area (Å²) in [7, 11) is 0. The number of benzene rings is 2. The number of anilines is 1. The van der Waals surface area contributed by atoms with E-state index >= 15 is 0 Å². The zero-order valence-corrected chi connectivity index (χ0v) is 11.5. The van der Waals surface area contributed by atoms with Crippen LogP contribution in [0.15, 0.2) is 42.5 Å². The number of aryl methyl sites for hydroxylation is 1. The highest BCUT2D eigenvalue weighted by molar-refractivity contribution is 6.04. The van der Waals surface area contributed by atoms with Crippen LogP contribution in [-0.2, 0) is 0 Å². The highest BCUT2D eigenvalue weighted by Crippen LogP contribution is 2.14. The molecule has 106 valence electrons. The molecule has 0 aliphatic heterocycles. The molecule has 0 radical (unpaired) electrons. The molecule has 1 amide bonds. The minimum Gasteiger partial charge on any atom is -0.384 e. The SMILES string of the molecule is Cc1cc(F)cc(NC(=O)c2ccc(C#CCO)cc2)c1. The highest BCUT2D eigenvalue weighted by atomic mass is 19.1. The summed E-state index contributed by atoms with van der Waals surface area (Å²) >= 11 is 0. The number of nitrogens with one attached hydrogen (secondary N) is 1. The monoisotopic (exact) mass is 283 g/mol. The van der Waals surface area contributed by atoms with Gasteiger partial charge >= 0.3 is 0 Å². The molecule has 0 fully saturated rings. The molecule has 2 rings (SSSR count). The Morgan fingerprint density at radius 3 is 2.57 bits per heavy atom. The molecule has 2 aromatic carbocycles. The average Bonchev–Trinajstić information content (AvgIpc) is 2.44. The predicted octanol–water partition coefficient (Wildman–Crippen LogP) is 2.73. The van der Waals surface area contributed by atoms with Crippen molar-refractivity contribution < 1.29 is 14.3 Å². The standard InChI is InChI=1S/C17H14FNO2/c1-12-9-15(18)11-16(10-12)19-17(21)14-6-4-13(5-7-14)3-2-8-20/h4-7,9-11,20H,8H2,1H3,(H,19,21). The van der Waals surface area contributed by atoms with E-state index in [1.54, 1.807) is 37.3 Å². The van der Waals surface area contributed by atoms with E-state index in [9.17, 15) is 9.18 Å². The number of hydrogen-bond donors (Lipinski definition) is 2. The first kappa shape index (κ1) is 14.8. The third-order valence-corrected chi connectivity index (χ3v) is 2.76. The van der Waals surface area contributed by atoms with Gasteiger partial charge in [0.05, 0.1) is 0 Å². The quantitative estimate of drug-likeness (QED) is 0.833. The maximum Gasteiger partial charge on any atom is 0.255 e. The minimum atomic E-state index is -0.389. The number of aliphatic hydroxyl groups excluding tert-OH is 1. The normalized spacial score (nSPS) is 9.67. The molecule has 2 aromatic rings. The zero-order chi connectivity index (χ0) is 15.2. The lowest BCUT2D eigenvalue weighted by molar-refractivity contribution is 0.102. The van der Waals surface area contributed by atoms with Crippen LogP contribution in [0.4, 0.5) is 10.1 Å². The first-order valence-corrected chi connectivity index (χ1v) is 6.37. The van der Waals surface area contributed by atoms with Crippen LogP contribution in [0.1, 0.15) is 21.5 Å². The summed E-state index contributed by atoms with van der Waals surface area (Å²) in [5.41, 5.74) is 2.32. The molecule has 0 unspecified atom stereocenters. The minimum absolute atomic E-state index is 0.207. The van der Waals surface area contributed by atoms with Crippen LogP contribution < -0.4 is 5.32 Å². The molecule has 2 N–H and O–H groups in total. The average molecular weight is 283 g/mol. The summed E-state index contributed by atoms with van der Waals surface area (Å²) in [5, 5.41) is 11.3. The van der Waals surface area contributed by atoms with Gasteiger partial charge in [-0.3, -0.25) is 4.79 Å². The lowest BCUT2D eigenvalue weighted by atomic mass is 10.1. The van der Waals surface area contributed by atoms with Crippen LogP contribution in [0.25, 0.3) is 0 Å². The van der Waals surface area contributed by atoms with E-state index in [4.69, 9.17) is 5.11 Å². The number of carbonyl (C=O) groups excluding carboxylic acids is 1. The van der Waals surface area contributed by atoms with Crippen LogP contribution in [-0.4, -0.2) is 17.6 Å². The summed E-state index contributed by atoms with van der Waals surface area (Å²) in [6.07, 6.45) is 0. The molecule has 0 saturated heterocycles. The lowest BCUT2D eigenvalue weighted by Gasteiger charge is -2.06. The molecular weight excluding hydrogens is 269 g/mol. The van der Waals surface area contributed by atoms with Crippen molar-refractivity contribution >= 4 is 11.6 Å². The van der Waals surface area contributed by atoms with Crippen molar-refractivity contribution in [1.29, 1.82) is 0 Å². The van der Waals surface area contributed by atoms with Crippen LogP contribution in [0.2, 0.25) is 0 Å². The molecule has 21 heavy (non-hydrogen) atoms. The Morgan fingerprint density at radius 1 is 1.24 bits per heavy atom. The number of rotatable bonds is 2. The second-order valence-corrected chi connectivity index (χ2v) is 4.51. The summed E-state index contributed by atoms with van der Waals surface area (Å²) < 4.78 is 13.3. The van der Waals surface area contributed by atoms with Gasteiger partial charge in [-0.1, -0.05) is 11.8 Å². The summed E-state index contributed by atoms with van der Waals surface area (Å²) in [5.74, 6) is 4.57. The van der Waals surface area contributed by atoms with Gasteiger partial charge < -0.3 is 10.4 Å². The van der Waals surface area contributed by atoms with Crippen molar-refractivity contribution in [3.05, 3.63) is 65.0 Å². The Bertz CT molecular complexity index is 692. The van der Waals surface area contributed by atoms with E-state index in [0.717, 1.165) is 5.56 Å². The first-order chi connectivity index (χ1) is 10.1. The van der Waals surface area contributed by atoms with Crippen molar-refractivity contribution in [3.63, 3.8) is 0 Å². The Labute approximate surface area is 122 Å². The molecular formula is C17H14FNO2. The second-order valence-electron chi connectivity index (χ2n) is 4.51. The Hall–Kier alpha value is -2.64. The smallest absolute Gasteiger partial charge is 0.255 e. The van der Waals surface area contributed by atoms with Crippen LogP contribution in [0, 0.1) is 24.6 Å². The maximum atomic E-state index is 13.3. The van der Waals surface area contributed by atoms with Gasteiger partial charge in [-0.25, -0.2) is 4.39 Å². The lowest BCUT2D eigenvalue weighted by Crippen LogP contribution is -2.12. The third kappa shape index (κ3) is 4.16. The van der Waals surface area contributed by atoms with Gasteiger partial charge in [0.1, 0.15) is 12.4 Å². The second kappa shape index (κ2) is 6.69. The van der Waals surface area contributed by atoms with Gasteiger partial charge in [-0.05, 0) is 55.0 Å². The van der Waals surface area contributed by atoms with Crippen LogP contribution in [0.3, 0.4) is 0 Å². The maximum absolute atomic E-state index is 13.3. The third-order valence-electron chi connectivity index (χ3n) is 2.76. The van der Waals surface area contributed by atoms with Crippen molar-refractivity contribution in [1.82, 2.24) is 0 Å². The predicted molar refractivity (Wildman–Crippen MR) is 79.5 cm³/mol. The van der Waals surface area contributed by atoms with Gasteiger partial charge in [-0.2, -0.15) is 0 Å². The topological polar surface area (TPSA) is 49.3 Å². The molecule has 0 spiro atoms. The molecule has 0 aliphatic carbocycles. The van der Waals surface area contributed by atoms with E-state index in [1.807, 2.05) is 0 Å². The summed E-state index contributed by atoms with van der Waals surface area (Å²) in [6.45, 7) is 1.55. The van der Waals surface area contributed by atoms with Gasteiger partial charge in [0.25, 0.3) is 5.91 Å². The van der Waals surface area contributed by atoms with E-state index in [1.165, 1.54) is 12.1 Å². The molecule has 0 heterocycles. The first-order valence-electron chi connectivity index (χ1n) is 6.37. The van der Waals surface area contributed by atoms with Crippen LogP contribution >= 0.6 is 0 Å². The molecule has 0 aromatic heterocycles. The molecule has 3 nitrogen and oxygen atoms in total. The zero-order valence-electron chi connectivity index (χ0n) is 11.5. The molecule has 0 aliphatic rings. The molecule has 0 atom stereocenters. The summed E-state index contributed by atoms with van der Waals surface area (Å²) in [4.78, 5) is 12.1. The van der Waals surface area contributed by atoms with Gasteiger partial charge in [-0.15, -0.1) is 0 Å². The largest absolute Gasteiger partial charge is 0.384 e. The highest BCUT2D eigenvalue weighted by Gasteiger charge is 2.07. The van der Waals surface area contributed by atoms with E-state index in [-0.39, 0.29) is 18.3 Å². The van der Waals surface area contributed by atoms with Crippen molar-refractivity contribution in [2.45, 2.75) is 6.92 Å². The van der Waals surface area contributed by atoms with Gasteiger partial charge in [0, 0.05) is 16.8 Å². The van der Waals surface area contributed by atoms with Crippen molar-refractivity contribution in [2.24, 2.45) is 0 Å². The Balaban J connectivity index is 2.13. The number of aliphatic hydroxyl groups is 1. The fraction of sp³-hybridized carbons (Fsp3) is 0.118. The molecule has 0 saturated carbocycles. The fourth-order valence-electron chi connectivity index (χ4n) is 1.86. The van der Waals surface area contributed by atoms with E-state index in [0.29, 0.717) is 16.8 Å². The Morgan fingerprint density at radius 2 is 1.95 bits per heavy atom. The van der Waals surface area contributed by atoms with Gasteiger partial charge in [0.2, 0.25) is 0 Å². The van der Waals surface area contributed by atoms with Crippen molar-refractivity contribution in [3.8, 4) is 11.8 Å². The van der Waals surface area contributed by atoms with Crippen molar-refractivity contribution in [2.75, 3.05) is 11.9 Å². The van der Waals surface area contributed by atoms with Gasteiger partial charge in [0.15, 0.2) is 0 Å². The summed E-state index contributed by atoms with van der Waals surface area (Å²) in [6, 6.07) is 11.0.